The molecule has 2 aliphatic heterocycles. The number of benzene rings is 1. The van der Waals surface area contributed by atoms with Crippen LogP contribution >= 0.6 is 0 Å². The molecule has 9 nitrogen and oxygen atoms in total. The van der Waals surface area contributed by atoms with Crippen LogP contribution in [0.4, 0.5) is 5.69 Å². The Bertz CT molecular complexity index is 920. The van der Waals surface area contributed by atoms with Gasteiger partial charge in [0.05, 0.1) is 24.6 Å². The number of carbonyl (C=O) groups excluding carboxylic acids is 1. The van der Waals surface area contributed by atoms with Crippen molar-refractivity contribution in [2.75, 3.05) is 11.8 Å². The van der Waals surface area contributed by atoms with E-state index in [1.807, 2.05) is 6.92 Å². The number of methoxy groups -OCH3 is 1. The van der Waals surface area contributed by atoms with Gasteiger partial charge in [0, 0.05) is 12.4 Å². The maximum Gasteiger partial charge on any atom is 0.340 e. The Kier molecular flexibility index (Phi) is 4.23. The maximum absolute atomic E-state index is 12.7. The molecule has 0 saturated carbocycles. The molecule has 0 aliphatic carbocycles. The molecule has 0 radical (unpaired) electrons. The summed E-state index contributed by atoms with van der Waals surface area (Å²) in [5, 5.41) is 1.48. The molecule has 0 fully saturated rings. The molecule has 0 atom stereocenters. The quantitative estimate of drug-likeness (QED) is 0.781. The van der Waals surface area contributed by atoms with Crippen LogP contribution < -0.4 is 10.3 Å². The molecular formula is C15H17N5O4S. The maximum atomic E-state index is 12.7. The Labute approximate surface area is 145 Å². The molecule has 0 bridgehead atoms. The number of hydrogen-bond acceptors (Lipinski definition) is 7. The summed E-state index contributed by atoms with van der Waals surface area (Å²) in [6.45, 7) is 3.53. The van der Waals surface area contributed by atoms with Crippen LogP contribution in [-0.4, -0.2) is 37.1 Å². The van der Waals surface area contributed by atoms with E-state index in [0.29, 0.717) is 11.4 Å². The second-order valence-electron chi connectivity index (χ2n) is 5.48. The Hall–Kier alpha value is -2.85. The van der Waals surface area contributed by atoms with Gasteiger partial charge in [-0.15, -0.1) is 5.53 Å². The SMILES string of the molecule is COC(=O)c1cccc(C)c1NS(=O)(=O)N1C=C2N=CC(C)=CN2N1. The average Bonchev–Trinajstić information content (AvgIpc) is 3.00. The summed E-state index contributed by atoms with van der Waals surface area (Å²) >= 11 is 0. The molecule has 2 heterocycles. The van der Waals surface area contributed by atoms with Gasteiger partial charge >= 0.3 is 16.2 Å². The molecular weight excluding hydrogens is 346 g/mol. The van der Waals surface area contributed by atoms with E-state index in [2.05, 4.69) is 15.2 Å². The summed E-state index contributed by atoms with van der Waals surface area (Å²) in [5.74, 6) is -0.205. The lowest BCUT2D eigenvalue weighted by Crippen LogP contribution is -2.44. The molecule has 0 unspecified atom stereocenters. The van der Waals surface area contributed by atoms with Crippen LogP contribution in [0.2, 0.25) is 0 Å². The smallest absolute Gasteiger partial charge is 0.340 e. The predicted molar refractivity (Wildman–Crippen MR) is 92.2 cm³/mol. The van der Waals surface area contributed by atoms with E-state index < -0.39 is 16.2 Å². The monoisotopic (exact) mass is 363 g/mol. The highest BCUT2D eigenvalue weighted by Crippen LogP contribution is 2.25. The highest BCUT2D eigenvalue weighted by atomic mass is 32.2. The number of para-hydroxylation sites is 1. The molecule has 3 rings (SSSR count). The van der Waals surface area contributed by atoms with Gasteiger partial charge in [-0.2, -0.15) is 12.8 Å². The van der Waals surface area contributed by atoms with E-state index in [9.17, 15) is 13.2 Å². The number of nitrogens with one attached hydrogen (secondary N) is 2. The molecule has 1 aromatic rings. The number of carbonyl (C=O) groups is 1. The molecule has 0 saturated heterocycles. The summed E-state index contributed by atoms with van der Waals surface area (Å²) in [7, 11) is -2.80. The molecule has 2 N–H and O–H groups in total. The molecule has 1 aromatic carbocycles. The number of hydrazine groups is 2. The summed E-state index contributed by atoms with van der Waals surface area (Å²) < 4.78 is 33.4. The van der Waals surface area contributed by atoms with E-state index in [1.165, 1.54) is 24.4 Å². The highest BCUT2D eigenvalue weighted by Gasteiger charge is 2.30. The van der Waals surface area contributed by atoms with E-state index in [4.69, 9.17) is 4.74 Å². The third kappa shape index (κ3) is 3.21. The lowest BCUT2D eigenvalue weighted by molar-refractivity contribution is 0.0602. The van der Waals surface area contributed by atoms with Crippen LogP contribution in [0, 0.1) is 6.92 Å². The zero-order valence-electron chi connectivity index (χ0n) is 13.8. The van der Waals surface area contributed by atoms with Crippen LogP contribution in [0.5, 0.6) is 0 Å². The van der Waals surface area contributed by atoms with Gasteiger partial charge in [-0.3, -0.25) is 4.72 Å². The van der Waals surface area contributed by atoms with Crippen molar-refractivity contribution in [1.82, 2.24) is 15.0 Å². The van der Waals surface area contributed by atoms with Crippen molar-refractivity contribution >= 4 is 28.1 Å². The molecule has 0 aromatic heterocycles. The van der Waals surface area contributed by atoms with Crippen molar-refractivity contribution in [3.8, 4) is 0 Å². The van der Waals surface area contributed by atoms with Gasteiger partial charge in [-0.1, -0.05) is 12.1 Å². The molecule has 25 heavy (non-hydrogen) atoms. The fourth-order valence-electron chi connectivity index (χ4n) is 2.33. The normalized spacial score (nSPS) is 16.3. The van der Waals surface area contributed by atoms with Crippen LogP contribution in [0.3, 0.4) is 0 Å². The van der Waals surface area contributed by atoms with Crippen molar-refractivity contribution in [1.29, 1.82) is 0 Å². The first-order valence-electron chi connectivity index (χ1n) is 7.32. The first kappa shape index (κ1) is 17.0. The van der Waals surface area contributed by atoms with Crippen molar-refractivity contribution < 1.29 is 17.9 Å². The van der Waals surface area contributed by atoms with E-state index in [-0.39, 0.29) is 11.3 Å². The number of anilines is 1. The number of esters is 1. The Morgan fingerprint density at radius 2 is 2.04 bits per heavy atom. The topological polar surface area (TPSA) is 103 Å². The third-order valence-corrected chi connectivity index (χ3v) is 4.75. The lowest BCUT2D eigenvalue weighted by atomic mass is 10.1. The van der Waals surface area contributed by atoms with Crippen LogP contribution in [0.1, 0.15) is 22.8 Å². The Morgan fingerprint density at radius 3 is 2.76 bits per heavy atom. The minimum atomic E-state index is -4.03. The number of aryl methyl sites for hydroxylation is 1. The van der Waals surface area contributed by atoms with Crippen LogP contribution in [0.15, 0.2) is 47.0 Å². The summed E-state index contributed by atoms with van der Waals surface area (Å²) in [6, 6.07) is 4.84. The Balaban J connectivity index is 1.91. The van der Waals surface area contributed by atoms with E-state index in [1.54, 1.807) is 31.5 Å². The number of aliphatic imine (C=N–C) groups is 1. The first-order valence-corrected chi connectivity index (χ1v) is 8.76. The minimum Gasteiger partial charge on any atom is -0.465 e. The standard InChI is InChI=1S/C15H17N5O4S/c1-10-7-16-13-9-20(18-19(13)8-10)25(22,23)17-14-11(2)5-4-6-12(14)15(21)24-3/h4-9,17-18H,1-3H3. The highest BCUT2D eigenvalue weighted by molar-refractivity contribution is 7.90. The molecule has 0 amide bonds. The summed E-state index contributed by atoms with van der Waals surface area (Å²) in [5.41, 5.74) is 4.43. The first-order chi connectivity index (χ1) is 11.8. The number of allylic oxidation sites excluding steroid dienone is 1. The largest absolute Gasteiger partial charge is 0.465 e. The number of nitrogens with zero attached hydrogens (tertiary/aromatic N) is 3. The molecule has 132 valence electrons. The van der Waals surface area contributed by atoms with Crippen LogP contribution in [0.25, 0.3) is 0 Å². The van der Waals surface area contributed by atoms with E-state index in [0.717, 1.165) is 9.99 Å². The minimum absolute atomic E-state index is 0.129. The van der Waals surface area contributed by atoms with Gasteiger partial charge in [0.2, 0.25) is 0 Å². The predicted octanol–water partition coefficient (Wildman–Crippen LogP) is 1.26. The fraction of sp³-hybridized carbons (Fsp3) is 0.200. The summed E-state index contributed by atoms with van der Waals surface area (Å²) in [6.07, 6.45) is 4.67. The fourth-order valence-corrected chi connectivity index (χ4v) is 3.39. The van der Waals surface area contributed by atoms with Gasteiger partial charge in [-0.25, -0.2) is 14.8 Å². The third-order valence-electron chi connectivity index (χ3n) is 3.59. The lowest BCUT2D eigenvalue weighted by Gasteiger charge is -2.23. The summed E-state index contributed by atoms with van der Waals surface area (Å²) in [4.78, 5) is 16.0. The molecule has 10 heteroatoms. The zero-order chi connectivity index (χ0) is 18.2. The second kappa shape index (κ2) is 6.22. The van der Waals surface area contributed by atoms with Crippen molar-refractivity contribution in [2.45, 2.75) is 13.8 Å². The Morgan fingerprint density at radius 1 is 1.28 bits per heavy atom. The van der Waals surface area contributed by atoms with E-state index >= 15 is 0 Å². The van der Waals surface area contributed by atoms with Crippen LogP contribution in [-0.2, 0) is 14.9 Å². The average molecular weight is 363 g/mol. The van der Waals surface area contributed by atoms with Gasteiger partial charge < -0.3 is 4.74 Å². The van der Waals surface area contributed by atoms with Gasteiger partial charge in [0.1, 0.15) is 0 Å². The van der Waals surface area contributed by atoms with Crippen molar-refractivity contribution in [3.63, 3.8) is 0 Å². The number of rotatable bonds is 4. The van der Waals surface area contributed by atoms with Crippen molar-refractivity contribution in [3.05, 3.63) is 53.1 Å². The van der Waals surface area contributed by atoms with Gasteiger partial charge in [0.25, 0.3) is 0 Å². The second-order valence-corrected chi connectivity index (χ2v) is 7.03. The molecule has 2 aliphatic rings. The zero-order valence-corrected chi connectivity index (χ0v) is 14.7. The van der Waals surface area contributed by atoms with Gasteiger partial charge in [0.15, 0.2) is 5.82 Å². The number of fused-ring (bicyclic) bond motifs is 1. The van der Waals surface area contributed by atoms with Crippen molar-refractivity contribution in [2.24, 2.45) is 4.99 Å². The molecule has 0 spiro atoms. The number of hydrogen-bond donors (Lipinski definition) is 2. The number of ether oxygens (including phenoxy) is 1. The van der Waals surface area contributed by atoms with Gasteiger partial charge in [-0.05, 0) is 31.1 Å².